The summed E-state index contributed by atoms with van der Waals surface area (Å²) in [5, 5.41) is 15.2. The molecule has 1 aliphatic rings. The van der Waals surface area contributed by atoms with E-state index in [1.54, 1.807) is 16.0 Å². The zero-order chi connectivity index (χ0) is 16.5. The molecule has 0 unspecified atom stereocenters. The summed E-state index contributed by atoms with van der Waals surface area (Å²) >= 11 is 3.11. The Morgan fingerprint density at radius 1 is 1.42 bits per heavy atom. The summed E-state index contributed by atoms with van der Waals surface area (Å²) < 4.78 is 1.77. The molecule has 2 atom stereocenters. The van der Waals surface area contributed by atoms with Gasteiger partial charge < -0.3 is 10.6 Å². The van der Waals surface area contributed by atoms with Crippen LogP contribution in [0.15, 0.2) is 35.3 Å². The third-order valence-corrected chi connectivity index (χ3v) is 5.86. The fourth-order valence-corrected chi connectivity index (χ4v) is 4.48. The SMILES string of the molecule is Cn1cc([C@H]2CNC[C@@H]2C(=O)Nc2nc(-c3cccs3)cs2)cn1. The Bertz CT molecular complexity index is 838. The molecule has 124 valence electrons. The molecule has 4 heterocycles. The van der Waals surface area contributed by atoms with Crippen molar-refractivity contribution < 1.29 is 4.79 Å². The Morgan fingerprint density at radius 3 is 3.08 bits per heavy atom. The minimum Gasteiger partial charge on any atom is -0.315 e. The maximum Gasteiger partial charge on any atom is 0.231 e. The molecule has 0 aliphatic carbocycles. The molecular weight excluding hydrogens is 342 g/mol. The fourth-order valence-electron chi connectivity index (χ4n) is 3.00. The van der Waals surface area contributed by atoms with Gasteiger partial charge in [0.25, 0.3) is 0 Å². The predicted octanol–water partition coefficient (Wildman–Crippen LogP) is 2.55. The largest absolute Gasteiger partial charge is 0.315 e. The summed E-state index contributed by atoms with van der Waals surface area (Å²) in [7, 11) is 1.89. The first kappa shape index (κ1) is 15.5. The summed E-state index contributed by atoms with van der Waals surface area (Å²) in [5.74, 6) is 0.0552. The van der Waals surface area contributed by atoms with E-state index in [1.807, 2.05) is 42.3 Å². The normalized spacial score (nSPS) is 20.4. The van der Waals surface area contributed by atoms with Gasteiger partial charge in [0.2, 0.25) is 5.91 Å². The van der Waals surface area contributed by atoms with Crippen molar-refractivity contribution in [2.75, 3.05) is 18.4 Å². The first-order valence-corrected chi connectivity index (χ1v) is 9.46. The van der Waals surface area contributed by atoms with E-state index in [1.165, 1.54) is 11.3 Å². The van der Waals surface area contributed by atoms with Crippen molar-refractivity contribution in [2.45, 2.75) is 5.92 Å². The van der Waals surface area contributed by atoms with Gasteiger partial charge in [0, 0.05) is 37.6 Å². The van der Waals surface area contributed by atoms with Crippen LogP contribution in [0.5, 0.6) is 0 Å². The number of hydrogen-bond donors (Lipinski definition) is 2. The maximum atomic E-state index is 12.7. The highest BCUT2D eigenvalue weighted by Gasteiger charge is 2.35. The van der Waals surface area contributed by atoms with E-state index in [0.29, 0.717) is 11.7 Å². The van der Waals surface area contributed by atoms with Crippen molar-refractivity contribution in [3.05, 3.63) is 40.8 Å². The molecule has 3 aromatic rings. The van der Waals surface area contributed by atoms with Crippen LogP contribution in [0.2, 0.25) is 0 Å². The second-order valence-electron chi connectivity index (χ2n) is 5.82. The molecule has 24 heavy (non-hydrogen) atoms. The van der Waals surface area contributed by atoms with Gasteiger partial charge in [-0.2, -0.15) is 5.10 Å². The zero-order valence-corrected chi connectivity index (χ0v) is 14.7. The Labute approximate surface area is 147 Å². The van der Waals surface area contributed by atoms with Gasteiger partial charge in [0.1, 0.15) is 0 Å². The van der Waals surface area contributed by atoms with Gasteiger partial charge in [-0.25, -0.2) is 4.98 Å². The fraction of sp³-hybridized carbons (Fsp3) is 0.312. The molecule has 6 nitrogen and oxygen atoms in total. The highest BCUT2D eigenvalue weighted by molar-refractivity contribution is 7.16. The van der Waals surface area contributed by atoms with E-state index in [2.05, 4.69) is 20.7 Å². The number of thiazole rings is 1. The number of thiophene rings is 1. The number of hydrogen-bond acceptors (Lipinski definition) is 6. The van der Waals surface area contributed by atoms with Crippen molar-refractivity contribution in [3.63, 3.8) is 0 Å². The Kier molecular flexibility index (Phi) is 4.17. The average Bonchev–Trinajstić information content (AvgIpc) is 3.34. The first-order valence-electron chi connectivity index (χ1n) is 7.70. The molecule has 8 heteroatoms. The number of aryl methyl sites for hydroxylation is 1. The summed E-state index contributed by atoms with van der Waals surface area (Å²) in [6.07, 6.45) is 3.83. The van der Waals surface area contributed by atoms with Crippen molar-refractivity contribution in [2.24, 2.45) is 13.0 Å². The lowest BCUT2D eigenvalue weighted by Gasteiger charge is -2.15. The zero-order valence-electron chi connectivity index (χ0n) is 13.1. The number of anilines is 1. The molecule has 1 fully saturated rings. The van der Waals surface area contributed by atoms with Gasteiger partial charge in [0.05, 0.1) is 22.7 Å². The van der Waals surface area contributed by atoms with Gasteiger partial charge in [-0.1, -0.05) is 6.07 Å². The topological polar surface area (TPSA) is 71.8 Å². The molecule has 0 aromatic carbocycles. The maximum absolute atomic E-state index is 12.7. The summed E-state index contributed by atoms with van der Waals surface area (Å²) in [6.45, 7) is 1.47. The van der Waals surface area contributed by atoms with Gasteiger partial charge in [-0.3, -0.25) is 9.48 Å². The predicted molar refractivity (Wildman–Crippen MR) is 96.4 cm³/mol. The van der Waals surface area contributed by atoms with Crippen LogP contribution in [0.3, 0.4) is 0 Å². The molecule has 4 rings (SSSR count). The van der Waals surface area contributed by atoms with Crippen LogP contribution in [0.25, 0.3) is 10.6 Å². The summed E-state index contributed by atoms with van der Waals surface area (Å²) in [6, 6.07) is 4.03. The van der Waals surface area contributed by atoms with Crippen molar-refractivity contribution in [1.82, 2.24) is 20.1 Å². The van der Waals surface area contributed by atoms with Crippen LogP contribution in [0.4, 0.5) is 5.13 Å². The molecule has 0 bridgehead atoms. The molecule has 0 spiro atoms. The standard InChI is InChI=1S/C16H17N5OS2/c1-21-8-10(5-18-21)11-6-17-7-12(11)15(22)20-16-19-13(9-24-16)14-3-2-4-23-14/h2-5,8-9,11-12,17H,6-7H2,1H3,(H,19,20,22)/t11-,12+/m1/s1. The van der Waals surface area contributed by atoms with E-state index in [9.17, 15) is 4.79 Å². The molecule has 2 N–H and O–H groups in total. The van der Waals surface area contributed by atoms with E-state index >= 15 is 0 Å². The summed E-state index contributed by atoms with van der Waals surface area (Å²) in [5.41, 5.74) is 2.01. The van der Waals surface area contributed by atoms with Crippen molar-refractivity contribution >= 4 is 33.7 Å². The molecule has 0 saturated carbocycles. The number of rotatable bonds is 4. The smallest absolute Gasteiger partial charge is 0.231 e. The number of carbonyl (C=O) groups is 1. The van der Waals surface area contributed by atoms with Crippen LogP contribution >= 0.6 is 22.7 Å². The van der Waals surface area contributed by atoms with Crippen LogP contribution in [-0.2, 0) is 11.8 Å². The van der Waals surface area contributed by atoms with Gasteiger partial charge in [-0.05, 0) is 17.0 Å². The molecule has 1 aliphatic heterocycles. The Balaban J connectivity index is 1.47. The average molecular weight is 359 g/mol. The van der Waals surface area contributed by atoms with Crippen molar-refractivity contribution in [1.29, 1.82) is 0 Å². The third-order valence-electron chi connectivity index (χ3n) is 4.21. The molecule has 1 saturated heterocycles. The lowest BCUT2D eigenvalue weighted by molar-refractivity contribution is -0.119. The quantitative estimate of drug-likeness (QED) is 0.751. The minimum absolute atomic E-state index is 0.0148. The Hall–Kier alpha value is -2.03. The Morgan fingerprint density at radius 2 is 2.33 bits per heavy atom. The second kappa shape index (κ2) is 6.46. The molecule has 1 amide bonds. The number of nitrogens with one attached hydrogen (secondary N) is 2. The minimum atomic E-state index is -0.108. The highest BCUT2D eigenvalue weighted by atomic mass is 32.1. The van der Waals surface area contributed by atoms with E-state index in [4.69, 9.17) is 0 Å². The first-order chi connectivity index (χ1) is 11.7. The molecule has 3 aromatic heterocycles. The highest BCUT2D eigenvalue weighted by Crippen LogP contribution is 2.31. The van der Waals surface area contributed by atoms with Crippen LogP contribution in [-0.4, -0.2) is 33.8 Å². The van der Waals surface area contributed by atoms with E-state index < -0.39 is 0 Å². The number of aromatic nitrogens is 3. The number of carbonyl (C=O) groups excluding carboxylic acids is 1. The molecular formula is C16H17N5OS2. The van der Waals surface area contributed by atoms with Crippen LogP contribution < -0.4 is 10.6 Å². The van der Waals surface area contributed by atoms with Gasteiger partial charge in [-0.15, -0.1) is 22.7 Å². The van der Waals surface area contributed by atoms with Crippen molar-refractivity contribution in [3.8, 4) is 10.6 Å². The lowest BCUT2D eigenvalue weighted by atomic mass is 9.90. The van der Waals surface area contributed by atoms with Crippen LogP contribution in [0, 0.1) is 5.92 Å². The second-order valence-corrected chi connectivity index (χ2v) is 7.63. The molecule has 0 radical (unpaired) electrons. The van der Waals surface area contributed by atoms with Gasteiger partial charge >= 0.3 is 0 Å². The number of amides is 1. The van der Waals surface area contributed by atoms with Gasteiger partial charge in [0.15, 0.2) is 5.13 Å². The van der Waals surface area contributed by atoms with E-state index in [0.717, 1.165) is 22.7 Å². The summed E-state index contributed by atoms with van der Waals surface area (Å²) in [4.78, 5) is 18.3. The monoisotopic (exact) mass is 359 g/mol. The van der Waals surface area contributed by atoms with Crippen LogP contribution in [0.1, 0.15) is 11.5 Å². The number of nitrogens with zero attached hydrogens (tertiary/aromatic N) is 3. The third kappa shape index (κ3) is 3.00. The van der Waals surface area contributed by atoms with E-state index in [-0.39, 0.29) is 17.7 Å². The lowest BCUT2D eigenvalue weighted by Crippen LogP contribution is -2.27.